The van der Waals surface area contributed by atoms with Gasteiger partial charge in [0, 0.05) is 18.6 Å². The number of halogens is 1. The van der Waals surface area contributed by atoms with Crippen molar-refractivity contribution >= 4 is 5.91 Å². The van der Waals surface area contributed by atoms with Gasteiger partial charge in [-0.05, 0) is 24.3 Å². The Bertz CT molecular complexity index is 450. The summed E-state index contributed by atoms with van der Waals surface area (Å²) in [6.07, 6.45) is 4.57. The number of hydrogen-bond acceptors (Lipinski definition) is 2. The number of nitrogens with zero attached hydrogens (tertiary/aromatic N) is 2. The molecule has 76 valence electrons. The lowest BCUT2D eigenvalue weighted by Gasteiger charge is -2.04. The molecule has 0 fully saturated rings. The van der Waals surface area contributed by atoms with Gasteiger partial charge in [0.05, 0.1) is 5.56 Å². The second-order valence-corrected chi connectivity index (χ2v) is 2.90. The van der Waals surface area contributed by atoms with Gasteiger partial charge in [-0.3, -0.25) is 14.9 Å². The maximum atomic E-state index is 12.5. The fraction of sp³-hybridized carbons (Fsp3) is 0. The average molecular weight is 205 g/mol. The molecule has 2 aromatic heterocycles. The van der Waals surface area contributed by atoms with Crippen LogP contribution in [0.5, 0.6) is 0 Å². The number of nitrogens with one attached hydrogen (secondary N) is 1. The van der Waals surface area contributed by atoms with E-state index in [1.807, 2.05) is 0 Å². The van der Waals surface area contributed by atoms with Gasteiger partial charge in [-0.2, -0.15) is 4.39 Å². The summed E-state index contributed by atoms with van der Waals surface area (Å²) in [6.45, 7) is 0. The van der Waals surface area contributed by atoms with Gasteiger partial charge in [0.2, 0.25) is 5.95 Å². The highest BCUT2D eigenvalue weighted by Gasteiger charge is 2.05. The monoisotopic (exact) mass is 205 g/mol. The third-order valence-electron chi connectivity index (χ3n) is 1.82. The van der Waals surface area contributed by atoms with Gasteiger partial charge in [0.1, 0.15) is 0 Å². The van der Waals surface area contributed by atoms with Crippen molar-refractivity contribution in [1.29, 1.82) is 0 Å². The van der Waals surface area contributed by atoms with E-state index in [0.29, 0.717) is 5.56 Å². The first-order valence-corrected chi connectivity index (χ1v) is 4.31. The van der Waals surface area contributed by atoms with Crippen molar-refractivity contribution in [3.8, 4) is 0 Å². The molecule has 0 saturated carbocycles. The zero-order valence-electron chi connectivity index (χ0n) is 7.72. The van der Waals surface area contributed by atoms with Gasteiger partial charge in [0.25, 0.3) is 5.91 Å². The first-order chi connectivity index (χ1) is 7.25. The van der Waals surface area contributed by atoms with Crippen molar-refractivity contribution in [2.24, 2.45) is 0 Å². The lowest BCUT2D eigenvalue weighted by molar-refractivity contribution is 0.101. The predicted molar refractivity (Wildman–Crippen MR) is 52.3 cm³/mol. The molecule has 0 aliphatic rings. The number of carbonyl (C=O) groups excluding carboxylic acids is 1. The molecule has 2 heterocycles. The zero-order chi connectivity index (χ0) is 10.7. The van der Waals surface area contributed by atoms with Gasteiger partial charge in [-0.15, -0.1) is 0 Å². The molecule has 2 rings (SSSR count). The zero-order valence-corrected chi connectivity index (χ0v) is 7.72. The van der Waals surface area contributed by atoms with Crippen LogP contribution in [0.2, 0.25) is 0 Å². The number of amides is 1. The third kappa shape index (κ3) is 2.19. The van der Waals surface area contributed by atoms with E-state index < -0.39 is 5.95 Å². The van der Waals surface area contributed by atoms with Crippen LogP contribution in [0.15, 0.2) is 42.9 Å². The normalized spacial score (nSPS) is 9.93. The van der Waals surface area contributed by atoms with E-state index in [2.05, 4.69) is 10.4 Å². The Balaban J connectivity index is 2.11. The molecule has 0 bridgehead atoms. The number of rotatable bonds is 2. The third-order valence-corrected chi connectivity index (χ3v) is 1.82. The largest absolute Gasteiger partial charge is 0.271 e. The van der Waals surface area contributed by atoms with Gasteiger partial charge < -0.3 is 0 Å². The number of carbonyl (C=O) groups is 1. The molecule has 0 saturated heterocycles. The molecule has 0 aliphatic carbocycles. The molecule has 0 unspecified atom stereocenters. The molecular formula is C10H8FN3O. The molecule has 0 aromatic carbocycles. The minimum Gasteiger partial charge on any atom is -0.268 e. The standard InChI is InChI=1S/C10H8FN3O/c11-9-4-3-8(7-12-9)10(15)13-14-5-1-2-6-14/h1-7H,(H,13,15). The Morgan fingerprint density at radius 3 is 2.67 bits per heavy atom. The number of hydrogen-bond donors (Lipinski definition) is 1. The highest BCUT2D eigenvalue weighted by molar-refractivity contribution is 5.99. The number of pyridine rings is 1. The second-order valence-electron chi connectivity index (χ2n) is 2.90. The van der Waals surface area contributed by atoms with Crippen LogP contribution >= 0.6 is 0 Å². The van der Waals surface area contributed by atoms with Gasteiger partial charge in [0.15, 0.2) is 0 Å². The minimum absolute atomic E-state index is 0.310. The Morgan fingerprint density at radius 1 is 1.33 bits per heavy atom. The first kappa shape index (κ1) is 9.39. The Morgan fingerprint density at radius 2 is 2.07 bits per heavy atom. The molecule has 0 aliphatic heterocycles. The van der Waals surface area contributed by atoms with E-state index in [0.717, 1.165) is 6.07 Å². The van der Waals surface area contributed by atoms with Crippen LogP contribution in [0.1, 0.15) is 10.4 Å². The lowest BCUT2D eigenvalue weighted by atomic mass is 10.3. The predicted octanol–water partition coefficient (Wildman–Crippen LogP) is 1.41. The molecule has 1 N–H and O–H groups in total. The van der Waals surface area contributed by atoms with Crippen molar-refractivity contribution in [2.75, 3.05) is 5.43 Å². The van der Waals surface area contributed by atoms with E-state index in [1.165, 1.54) is 16.9 Å². The average Bonchev–Trinajstić information content (AvgIpc) is 2.71. The summed E-state index contributed by atoms with van der Waals surface area (Å²) in [7, 11) is 0. The van der Waals surface area contributed by atoms with Gasteiger partial charge in [-0.25, -0.2) is 4.98 Å². The van der Waals surface area contributed by atoms with E-state index >= 15 is 0 Å². The Hall–Kier alpha value is -2.17. The molecule has 0 spiro atoms. The summed E-state index contributed by atoms with van der Waals surface area (Å²) in [4.78, 5) is 14.9. The quantitative estimate of drug-likeness (QED) is 0.753. The maximum absolute atomic E-state index is 12.5. The van der Waals surface area contributed by atoms with Gasteiger partial charge in [-0.1, -0.05) is 0 Å². The maximum Gasteiger partial charge on any atom is 0.271 e. The Labute approximate surface area is 85.3 Å². The summed E-state index contributed by atoms with van der Waals surface area (Å²) >= 11 is 0. The summed E-state index contributed by atoms with van der Waals surface area (Å²) in [5.41, 5.74) is 2.88. The van der Waals surface area contributed by atoms with Crippen molar-refractivity contribution in [1.82, 2.24) is 9.66 Å². The molecule has 4 nitrogen and oxygen atoms in total. The molecule has 0 radical (unpaired) electrons. The fourth-order valence-corrected chi connectivity index (χ4v) is 1.10. The van der Waals surface area contributed by atoms with Crippen LogP contribution in [0, 0.1) is 5.95 Å². The van der Waals surface area contributed by atoms with Gasteiger partial charge >= 0.3 is 0 Å². The molecule has 5 heteroatoms. The highest BCUT2D eigenvalue weighted by Crippen LogP contribution is 1.99. The van der Waals surface area contributed by atoms with Crippen LogP contribution in [0.25, 0.3) is 0 Å². The van der Waals surface area contributed by atoms with E-state index in [9.17, 15) is 9.18 Å². The van der Waals surface area contributed by atoms with Crippen LogP contribution in [0.3, 0.4) is 0 Å². The highest BCUT2D eigenvalue weighted by atomic mass is 19.1. The molecule has 15 heavy (non-hydrogen) atoms. The van der Waals surface area contributed by atoms with E-state index in [4.69, 9.17) is 0 Å². The number of aromatic nitrogens is 2. The van der Waals surface area contributed by atoms with Crippen molar-refractivity contribution in [3.63, 3.8) is 0 Å². The topological polar surface area (TPSA) is 46.9 Å². The molecule has 0 atom stereocenters. The van der Waals surface area contributed by atoms with Crippen molar-refractivity contribution in [3.05, 3.63) is 54.4 Å². The van der Waals surface area contributed by atoms with Crippen molar-refractivity contribution < 1.29 is 9.18 Å². The fourth-order valence-electron chi connectivity index (χ4n) is 1.10. The molecular weight excluding hydrogens is 197 g/mol. The summed E-state index contributed by atoms with van der Waals surface area (Å²) in [5, 5.41) is 0. The van der Waals surface area contributed by atoms with E-state index in [-0.39, 0.29) is 5.91 Å². The minimum atomic E-state index is -0.604. The van der Waals surface area contributed by atoms with Crippen molar-refractivity contribution in [2.45, 2.75) is 0 Å². The lowest BCUT2D eigenvalue weighted by Crippen LogP contribution is -2.21. The SMILES string of the molecule is O=C(Nn1cccc1)c1ccc(F)nc1. The summed E-state index contributed by atoms with van der Waals surface area (Å²) in [5.74, 6) is -0.939. The molecule has 1 amide bonds. The van der Waals surface area contributed by atoms with Crippen LogP contribution in [0.4, 0.5) is 4.39 Å². The van der Waals surface area contributed by atoms with Crippen LogP contribution < -0.4 is 5.43 Å². The molecule has 2 aromatic rings. The first-order valence-electron chi connectivity index (χ1n) is 4.31. The van der Waals surface area contributed by atoms with E-state index in [1.54, 1.807) is 24.5 Å². The smallest absolute Gasteiger partial charge is 0.268 e. The second kappa shape index (κ2) is 3.91. The van der Waals surface area contributed by atoms with Crippen LogP contribution in [-0.4, -0.2) is 15.6 Å². The Kier molecular flexibility index (Phi) is 2.45. The van der Waals surface area contributed by atoms with Crippen LogP contribution in [-0.2, 0) is 0 Å². The summed E-state index contributed by atoms with van der Waals surface area (Å²) in [6, 6.07) is 6.08. The summed E-state index contributed by atoms with van der Waals surface area (Å²) < 4.78 is 14.0.